The highest BCUT2D eigenvalue weighted by molar-refractivity contribution is 6.02. The van der Waals surface area contributed by atoms with Crippen molar-refractivity contribution in [3.05, 3.63) is 89.9 Å². The number of hydrogen-bond acceptors (Lipinski definition) is 7. The van der Waals surface area contributed by atoms with Crippen molar-refractivity contribution in [3.63, 3.8) is 0 Å². The fourth-order valence-corrected chi connectivity index (χ4v) is 5.23. The minimum atomic E-state index is -0.544. The van der Waals surface area contributed by atoms with Gasteiger partial charge < -0.3 is 19.9 Å². The Morgan fingerprint density at radius 3 is 2.58 bits per heavy atom. The second-order valence-corrected chi connectivity index (χ2v) is 12.1. The van der Waals surface area contributed by atoms with E-state index < -0.39 is 11.7 Å². The van der Waals surface area contributed by atoms with E-state index in [9.17, 15) is 9.59 Å². The molecule has 0 unspecified atom stereocenters. The van der Waals surface area contributed by atoms with Gasteiger partial charge in [-0.2, -0.15) is 0 Å². The lowest BCUT2D eigenvalue weighted by Gasteiger charge is -2.33. The first-order chi connectivity index (χ1) is 20.5. The third kappa shape index (κ3) is 8.04. The van der Waals surface area contributed by atoms with Crippen LogP contribution < -0.4 is 10.6 Å². The average molecular weight is 582 g/mol. The van der Waals surface area contributed by atoms with Crippen LogP contribution in [0.5, 0.6) is 0 Å². The number of carbonyl (C=O) groups is 2. The maximum absolute atomic E-state index is 13.4. The largest absolute Gasteiger partial charge is 0.444 e. The van der Waals surface area contributed by atoms with E-state index >= 15 is 0 Å². The zero-order chi connectivity index (χ0) is 30.6. The molecular formula is C33H39N7O3. The summed E-state index contributed by atoms with van der Waals surface area (Å²) in [6.07, 6.45) is 6.85. The monoisotopic (exact) mass is 581 g/mol. The van der Waals surface area contributed by atoms with Crippen LogP contribution in [0.25, 0.3) is 16.9 Å². The molecule has 0 bridgehead atoms. The van der Waals surface area contributed by atoms with E-state index in [0.29, 0.717) is 18.8 Å². The molecule has 1 aliphatic heterocycles. The van der Waals surface area contributed by atoms with Crippen LogP contribution in [-0.2, 0) is 11.3 Å². The minimum absolute atomic E-state index is 0.000231. The van der Waals surface area contributed by atoms with Crippen LogP contribution in [0.1, 0.15) is 61.1 Å². The summed E-state index contributed by atoms with van der Waals surface area (Å²) in [6.45, 7) is 11.7. The van der Waals surface area contributed by atoms with E-state index in [1.807, 2.05) is 87.8 Å². The van der Waals surface area contributed by atoms with Crippen LogP contribution in [0.3, 0.4) is 0 Å². The van der Waals surface area contributed by atoms with Crippen LogP contribution in [-0.4, -0.2) is 61.2 Å². The molecule has 224 valence electrons. The molecule has 10 heteroatoms. The van der Waals surface area contributed by atoms with Crippen LogP contribution in [0.4, 0.5) is 10.5 Å². The zero-order valence-corrected chi connectivity index (χ0v) is 25.4. The van der Waals surface area contributed by atoms with Crippen LogP contribution in [0.15, 0.2) is 67.3 Å². The number of likely N-dealkylation sites (tertiary alicyclic amines) is 1. The van der Waals surface area contributed by atoms with Crippen molar-refractivity contribution in [1.82, 2.24) is 29.7 Å². The Morgan fingerprint density at radius 1 is 1.07 bits per heavy atom. The molecule has 0 aliphatic carbocycles. The highest BCUT2D eigenvalue weighted by Crippen LogP contribution is 2.24. The molecule has 1 atom stereocenters. The molecule has 2 N–H and O–H groups in total. The predicted octanol–water partition coefficient (Wildman–Crippen LogP) is 5.69. The number of imidazole rings is 1. The number of carbonyl (C=O) groups excluding carboxylic acids is 2. The number of piperidine rings is 1. The summed E-state index contributed by atoms with van der Waals surface area (Å²) in [6, 6.07) is 15.8. The number of rotatable bonds is 7. The van der Waals surface area contributed by atoms with Gasteiger partial charge in [-0.15, -0.1) is 0 Å². The van der Waals surface area contributed by atoms with Gasteiger partial charge in [0.2, 0.25) is 5.82 Å². The van der Waals surface area contributed by atoms with Crippen LogP contribution >= 0.6 is 0 Å². The van der Waals surface area contributed by atoms with Gasteiger partial charge in [0, 0.05) is 48.5 Å². The lowest BCUT2D eigenvalue weighted by molar-refractivity contribution is 0.0470. The summed E-state index contributed by atoms with van der Waals surface area (Å²) < 4.78 is 7.40. The second-order valence-electron chi connectivity index (χ2n) is 12.1. The highest BCUT2D eigenvalue weighted by Gasteiger charge is 2.24. The first kappa shape index (κ1) is 29.9. The Labute approximate surface area is 252 Å². The van der Waals surface area contributed by atoms with Crippen molar-refractivity contribution < 1.29 is 14.3 Å². The molecule has 43 heavy (non-hydrogen) atoms. The molecule has 2 aromatic carbocycles. The molecule has 1 aliphatic rings. The molecule has 2 amide bonds. The third-order valence-corrected chi connectivity index (χ3v) is 7.10. The molecule has 3 heterocycles. The predicted molar refractivity (Wildman–Crippen MR) is 166 cm³/mol. The molecule has 0 spiro atoms. The fourth-order valence-electron chi connectivity index (χ4n) is 5.23. The smallest absolute Gasteiger partial charge is 0.407 e. The summed E-state index contributed by atoms with van der Waals surface area (Å²) in [4.78, 5) is 41.4. The van der Waals surface area contributed by atoms with Gasteiger partial charge in [-0.05, 0) is 83.3 Å². The van der Waals surface area contributed by atoms with E-state index in [2.05, 4.69) is 36.6 Å². The van der Waals surface area contributed by atoms with Gasteiger partial charge in [0.1, 0.15) is 5.60 Å². The topological polar surface area (TPSA) is 114 Å². The lowest BCUT2D eigenvalue weighted by Crippen LogP contribution is -2.48. The number of nitrogens with zero attached hydrogens (tertiary/aromatic N) is 5. The van der Waals surface area contributed by atoms with Crippen LogP contribution in [0, 0.1) is 13.8 Å². The normalized spacial score (nSPS) is 15.6. The molecule has 0 radical (unpaired) electrons. The van der Waals surface area contributed by atoms with Crippen molar-refractivity contribution in [1.29, 1.82) is 0 Å². The lowest BCUT2D eigenvalue weighted by atomic mass is 10.0. The fraction of sp³-hybridized carbons (Fsp3) is 0.364. The number of nitrogens with one attached hydrogen (secondary N) is 2. The number of amides is 2. The quantitative estimate of drug-likeness (QED) is 0.288. The SMILES string of the molecule is Cc1cn(-c2cc(CN3CCC[C@H](NC(=O)OC(C)(C)C)C3)cc(NC(=O)c3ncc(C)c(-c4ccccc4)n3)c2)cn1. The second kappa shape index (κ2) is 12.7. The number of alkyl carbamates (subject to hydrolysis) is 1. The molecule has 2 aromatic heterocycles. The maximum Gasteiger partial charge on any atom is 0.407 e. The molecule has 1 saturated heterocycles. The van der Waals surface area contributed by atoms with E-state index in [1.165, 1.54) is 0 Å². The average Bonchev–Trinajstić information content (AvgIpc) is 3.39. The van der Waals surface area contributed by atoms with Crippen molar-refractivity contribution in [2.24, 2.45) is 0 Å². The summed E-state index contributed by atoms with van der Waals surface area (Å²) in [5.41, 5.74) is 5.43. The van der Waals surface area contributed by atoms with Crippen molar-refractivity contribution in [2.75, 3.05) is 18.4 Å². The Bertz CT molecular complexity index is 1590. The summed E-state index contributed by atoms with van der Waals surface area (Å²) in [5, 5.41) is 6.04. The highest BCUT2D eigenvalue weighted by atomic mass is 16.6. The Kier molecular flexibility index (Phi) is 8.86. The van der Waals surface area contributed by atoms with Crippen LogP contribution in [0.2, 0.25) is 0 Å². The van der Waals surface area contributed by atoms with Gasteiger partial charge in [-0.3, -0.25) is 9.69 Å². The van der Waals surface area contributed by atoms with Crippen molar-refractivity contribution in [3.8, 4) is 16.9 Å². The molecule has 10 nitrogen and oxygen atoms in total. The number of benzene rings is 2. The van der Waals surface area contributed by atoms with Gasteiger partial charge in [0.05, 0.1) is 17.7 Å². The Hall–Kier alpha value is -4.57. The molecule has 5 rings (SSSR count). The Balaban J connectivity index is 1.35. The van der Waals surface area contributed by atoms with Gasteiger partial charge >= 0.3 is 6.09 Å². The third-order valence-electron chi connectivity index (χ3n) is 7.10. The van der Waals surface area contributed by atoms with Gasteiger partial charge in [0.15, 0.2) is 0 Å². The molecule has 0 saturated carbocycles. The standard InChI is InChI=1S/C33H39N7O3/c1-22-17-34-30(38-29(22)25-10-7-6-8-11-25)31(41)36-27-14-24(15-28(16-27)40-18-23(2)35-21-40)19-39-13-9-12-26(20-39)37-32(42)43-33(3,4)5/h6-8,10-11,14-18,21,26H,9,12-13,19-20H2,1-5H3,(H,36,41)(H,37,42)/t26-/m0/s1. The maximum atomic E-state index is 13.4. The Morgan fingerprint density at radius 2 is 1.86 bits per heavy atom. The number of aryl methyl sites for hydroxylation is 2. The zero-order valence-electron chi connectivity index (χ0n) is 25.4. The van der Waals surface area contributed by atoms with Gasteiger partial charge in [-0.1, -0.05) is 30.3 Å². The molecule has 4 aromatic rings. The van der Waals surface area contributed by atoms with E-state index in [-0.39, 0.29) is 17.8 Å². The van der Waals surface area contributed by atoms with Gasteiger partial charge in [-0.25, -0.2) is 19.7 Å². The number of hydrogen-bond donors (Lipinski definition) is 2. The van der Waals surface area contributed by atoms with Crippen molar-refractivity contribution >= 4 is 17.7 Å². The molecule has 1 fully saturated rings. The van der Waals surface area contributed by atoms with Crippen molar-refractivity contribution in [2.45, 2.75) is 65.6 Å². The number of ether oxygens (including phenoxy) is 1. The minimum Gasteiger partial charge on any atom is -0.444 e. The number of anilines is 1. The van der Waals surface area contributed by atoms with E-state index in [4.69, 9.17) is 4.74 Å². The summed E-state index contributed by atoms with van der Waals surface area (Å²) in [5.74, 6) is -0.288. The number of aromatic nitrogens is 4. The first-order valence-electron chi connectivity index (χ1n) is 14.6. The first-order valence-corrected chi connectivity index (χ1v) is 14.6. The molecular weight excluding hydrogens is 542 g/mol. The summed E-state index contributed by atoms with van der Waals surface area (Å²) >= 11 is 0. The van der Waals surface area contributed by atoms with E-state index in [0.717, 1.165) is 53.2 Å². The van der Waals surface area contributed by atoms with Gasteiger partial charge in [0.25, 0.3) is 5.91 Å². The van der Waals surface area contributed by atoms with E-state index in [1.54, 1.807) is 12.5 Å². The summed E-state index contributed by atoms with van der Waals surface area (Å²) in [7, 11) is 0.